The van der Waals surface area contributed by atoms with E-state index in [4.69, 9.17) is 9.72 Å². The molecule has 3 aromatic rings. The Hall–Kier alpha value is -2.80. The average Bonchev–Trinajstić information content (AvgIpc) is 2.82. The molecule has 0 unspecified atom stereocenters. The molecule has 170 valence electrons. The van der Waals surface area contributed by atoms with E-state index in [1.807, 2.05) is 47.4 Å². The van der Waals surface area contributed by atoms with Crippen molar-refractivity contribution in [2.24, 2.45) is 0 Å². The van der Waals surface area contributed by atoms with Crippen molar-refractivity contribution in [1.82, 2.24) is 14.5 Å². The van der Waals surface area contributed by atoms with Crippen LogP contribution in [0.15, 0.2) is 58.5 Å². The highest BCUT2D eigenvalue weighted by Gasteiger charge is 2.25. The summed E-state index contributed by atoms with van der Waals surface area (Å²) in [5, 5.41) is 0.995. The van der Waals surface area contributed by atoms with E-state index < -0.39 is 0 Å². The molecule has 1 amide bonds. The SMILES string of the molecule is CC[C@H](C)N(C(=O)CSc1nc2ccccc2c(=O)n1-c1ccccc1OC)[C@@H](C)CC. The molecule has 32 heavy (non-hydrogen) atoms. The summed E-state index contributed by atoms with van der Waals surface area (Å²) in [5.74, 6) is 0.822. The van der Waals surface area contributed by atoms with Gasteiger partial charge in [0.2, 0.25) is 5.91 Å². The number of hydrogen-bond acceptors (Lipinski definition) is 5. The van der Waals surface area contributed by atoms with E-state index in [9.17, 15) is 9.59 Å². The highest BCUT2D eigenvalue weighted by molar-refractivity contribution is 7.99. The highest BCUT2D eigenvalue weighted by atomic mass is 32.2. The molecule has 1 aromatic heterocycles. The van der Waals surface area contributed by atoms with Crippen LogP contribution in [-0.4, -0.2) is 45.3 Å². The van der Waals surface area contributed by atoms with Gasteiger partial charge in [-0.15, -0.1) is 0 Å². The first-order valence-electron chi connectivity index (χ1n) is 11.0. The minimum Gasteiger partial charge on any atom is -0.495 e. The summed E-state index contributed by atoms with van der Waals surface area (Å²) >= 11 is 1.29. The molecule has 0 bridgehead atoms. The predicted molar refractivity (Wildman–Crippen MR) is 131 cm³/mol. The van der Waals surface area contributed by atoms with E-state index >= 15 is 0 Å². The van der Waals surface area contributed by atoms with Crippen LogP contribution in [0.5, 0.6) is 5.75 Å². The third-order valence-electron chi connectivity index (χ3n) is 5.82. The van der Waals surface area contributed by atoms with Crippen LogP contribution in [0.1, 0.15) is 40.5 Å². The minimum absolute atomic E-state index is 0.0488. The van der Waals surface area contributed by atoms with Crippen LogP contribution in [-0.2, 0) is 4.79 Å². The lowest BCUT2D eigenvalue weighted by Gasteiger charge is -2.34. The summed E-state index contributed by atoms with van der Waals surface area (Å²) in [4.78, 5) is 33.4. The molecule has 0 aliphatic carbocycles. The topological polar surface area (TPSA) is 64.4 Å². The molecule has 0 fully saturated rings. The standard InChI is InChI=1S/C25H31N3O3S/c1-6-17(3)27(18(4)7-2)23(29)16-32-25-26-20-13-9-8-12-19(20)24(30)28(25)21-14-10-11-15-22(21)31-5/h8-15,17-18H,6-7,16H2,1-5H3/t17-,18-/m0/s1. The molecular weight excluding hydrogens is 422 g/mol. The fourth-order valence-electron chi connectivity index (χ4n) is 3.76. The molecule has 0 N–H and O–H groups in total. The number of rotatable bonds is 9. The van der Waals surface area contributed by atoms with Gasteiger partial charge < -0.3 is 9.64 Å². The van der Waals surface area contributed by atoms with Crippen LogP contribution >= 0.6 is 11.8 Å². The van der Waals surface area contributed by atoms with Crippen molar-refractivity contribution in [3.05, 3.63) is 58.9 Å². The molecule has 2 aromatic carbocycles. The van der Waals surface area contributed by atoms with Crippen molar-refractivity contribution in [3.63, 3.8) is 0 Å². The summed E-state index contributed by atoms with van der Waals surface area (Å²) in [6.45, 7) is 8.33. The van der Waals surface area contributed by atoms with Crippen molar-refractivity contribution >= 4 is 28.6 Å². The van der Waals surface area contributed by atoms with E-state index in [0.717, 1.165) is 12.8 Å². The maximum absolute atomic E-state index is 13.5. The molecule has 0 radical (unpaired) electrons. The number of methoxy groups -OCH3 is 1. The third kappa shape index (κ3) is 4.83. The molecule has 0 saturated carbocycles. The van der Waals surface area contributed by atoms with E-state index in [-0.39, 0.29) is 29.3 Å². The second-order valence-electron chi connectivity index (χ2n) is 7.83. The lowest BCUT2D eigenvalue weighted by molar-refractivity contribution is -0.132. The fourth-order valence-corrected chi connectivity index (χ4v) is 4.63. The average molecular weight is 454 g/mol. The van der Waals surface area contributed by atoms with Crippen LogP contribution in [0.3, 0.4) is 0 Å². The zero-order valence-corrected chi connectivity index (χ0v) is 20.2. The highest BCUT2D eigenvalue weighted by Crippen LogP contribution is 2.27. The quantitative estimate of drug-likeness (QED) is 0.340. The van der Waals surface area contributed by atoms with Crippen molar-refractivity contribution < 1.29 is 9.53 Å². The summed E-state index contributed by atoms with van der Waals surface area (Å²) in [6, 6.07) is 14.9. The van der Waals surface area contributed by atoms with Crippen molar-refractivity contribution in [2.45, 2.75) is 57.8 Å². The van der Waals surface area contributed by atoms with Crippen molar-refractivity contribution in [1.29, 1.82) is 0 Å². The predicted octanol–water partition coefficient (Wildman–Crippen LogP) is 4.91. The second-order valence-corrected chi connectivity index (χ2v) is 8.77. The number of benzene rings is 2. The van der Waals surface area contributed by atoms with Crippen LogP contribution in [0.25, 0.3) is 16.6 Å². The third-order valence-corrected chi connectivity index (χ3v) is 6.74. The number of nitrogens with zero attached hydrogens (tertiary/aromatic N) is 3. The Labute approximate surface area is 193 Å². The first kappa shape index (κ1) is 23.9. The van der Waals surface area contributed by atoms with Crippen molar-refractivity contribution in [2.75, 3.05) is 12.9 Å². The number of thioether (sulfide) groups is 1. The van der Waals surface area contributed by atoms with Gasteiger partial charge in [-0.3, -0.25) is 14.2 Å². The smallest absolute Gasteiger partial charge is 0.266 e. The van der Waals surface area contributed by atoms with Gasteiger partial charge in [0.15, 0.2) is 5.16 Å². The molecule has 0 spiro atoms. The van der Waals surface area contributed by atoms with E-state index in [1.54, 1.807) is 17.7 Å². The molecule has 2 atom stereocenters. The Bertz CT molecular complexity index is 1130. The van der Waals surface area contributed by atoms with E-state index in [0.29, 0.717) is 27.5 Å². The molecule has 7 heteroatoms. The fraction of sp³-hybridized carbons (Fsp3) is 0.400. The van der Waals surface area contributed by atoms with Crippen molar-refractivity contribution in [3.8, 4) is 11.4 Å². The summed E-state index contributed by atoms with van der Waals surface area (Å²) < 4.78 is 7.06. The summed E-state index contributed by atoms with van der Waals surface area (Å²) in [6.07, 6.45) is 1.78. The number of carbonyl (C=O) groups excluding carboxylic acids is 1. The maximum Gasteiger partial charge on any atom is 0.266 e. The second kappa shape index (κ2) is 10.7. The lowest BCUT2D eigenvalue weighted by atomic mass is 10.1. The normalized spacial score (nSPS) is 13.0. The van der Waals surface area contributed by atoms with E-state index in [2.05, 4.69) is 27.7 Å². The van der Waals surface area contributed by atoms with E-state index in [1.165, 1.54) is 11.8 Å². The van der Waals surface area contributed by atoms with Gasteiger partial charge in [-0.25, -0.2) is 4.98 Å². The molecule has 0 aliphatic heterocycles. The molecule has 0 aliphatic rings. The van der Waals surface area contributed by atoms with Gasteiger partial charge in [0.25, 0.3) is 5.56 Å². The number of carbonyl (C=O) groups is 1. The van der Waals surface area contributed by atoms with Crippen LogP contribution in [0.4, 0.5) is 0 Å². The van der Waals surface area contributed by atoms with Gasteiger partial charge in [-0.05, 0) is 51.0 Å². The molecule has 6 nitrogen and oxygen atoms in total. The number of aromatic nitrogens is 2. The molecule has 1 heterocycles. The Balaban J connectivity index is 2.06. The molecule has 0 saturated heterocycles. The maximum atomic E-state index is 13.5. The Morgan fingerprint density at radius 2 is 1.69 bits per heavy atom. The minimum atomic E-state index is -0.184. The van der Waals surface area contributed by atoms with Gasteiger partial charge in [-0.2, -0.15) is 0 Å². The van der Waals surface area contributed by atoms with Gasteiger partial charge in [0.1, 0.15) is 5.75 Å². The van der Waals surface area contributed by atoms with Gasteiger partial charge in [-0.1, -0.05) is 49.9 Å². The lowest BCUT2D eigenvalue weighted by Crippen LogP contribution is -2.45. The van der Waals surface area contributed by atoms with Crippen LogP contribution < -0.4 is 10.3 Å². The number of fused-ring (bicyclic) bond motifs is 1. The Morgan fingerprint density at radius 1 is 1.06 bits per heavy atom. The first-order chi connectivity index (χ1) is 15.4. The molecular formula is C25H31N3O3S. The van der Waals surface area contributed by atoms with Crippen LogP contribution in [0.2, 0.25) is 0 Å². The monoisotopic (exact) mass is 453 g/mol. The summed E-state index contributed by atoms with van der Waals surface area (Å²) in [5.41, 5.74) is 1.03. The number of para-hydroxylation sites is 3. The first-order valence-corrected chi connectivity index (χ1v) is 12.0. The number of ether oxygens (including phenoxy) is 1. The van der Waals surface area contributed by atoms with Crippen LogP contribution in [0, 0.1) is 0 Å². The largest absolute Gasteiger partial charge is 0.495 e. The zero-order valence-electron chi connectivity index (χ0n) is 19.4. The van der Waals surface area contributed by atoms with Gasteiger partial charge >= 0.3 is 0 Å². The number of hydrogen-bond donors (Lipinski definition) is 0. The number of amides is 1. The molecule has 3 rings (SSSR count). The van der Waals surface area contributed by atoms with Gasteiger partial charge in [0, 0.05) is 12.1 Å². The Morgan fingerprint density at radius 3 is 2.34 bits per heavy atom. The summed E-state index contributed by atoms with van der Waals surface area (Å²) in [7, 11) is 1.57. The zero-order chi connectivity index (χ0) is 23.3. The van der Waals surface area contributed by atoms with Gasteiger partial charge in [0.05, 0.1) is 29.5 Å². The Kier molecular flexibility index (Phi) is 7.96.